The number of rotatable bonds is 4. The first-order valence-corrected chi connectivity index (χ1v) is 6.88. The molecule has 4 nitrogen and oxygen atoms in total. The van der Waals surface area contributed by atoms with Gasteiger partial charge in [0, 0.05) is 23.3 Å². The Bertz CT molecular complexity index is 814. The highest BCUT2D eigenvalue weighted by molar-refractivity contribution is 5.86. The molecule has 0 N–H and O–H groups in total. The van der Waals surface area contributed by atoms with E-state index in [-0.39, 0.29) is 0 Å². The molecule has 0 atom stereocenters. The minimum Gasteiger partial charge on any atom is -0.493 e. The lowest BCUT2D eigenvalue weighted by Crippen LogP contribution is -2.01. The van der Waals surface area contributed by atoms with Crippen LogP contribution in [0, 0.1) is 11.3 Å². The summed E-state index contributed by atoms with van der Waals surface area (Å²) < 4.78 is 7.76. The molecule has 2 heterocycles. The van der Waals surface area contributed by atoms with Crippen LogP contribution in [0.4, 0.5) is 0 Å². The lowest BCUT2D eigenvalue weighted by molar-refractivity contribution is 0.344. The Kier molecular flexibility index (Phi) is 3.57. The van der Waals surface area contributed by atoms with Gasteiger partial charge >= 0.3 is 0 Å². The maximum atomic E-state index is 9.13. The largest absolute Gasteiger partial charge is 0.493 e. The Morgan fingerprint density at radius 2 is 2.14 bits per heavy atom. The summed E-state index contributed by atoms with van der Waals surface area (Å²) >= 11 is 0. The smallest absolute Gasteiger partial charge is 0.145 e. The molecule has 2 aromatic heterocycles. The number of nitriles is 1. The molecule has 0 aliphatic heterocycles. The van der Waals surface area contributed by atoms with Gasteiger partial charge in [0.05, 0.1) is 18.7 Å². The molecule has 0 aliphatic carbocycles. The Balaban J connectivity index is 2.02. The first kappa shape index (κ1) is 13.2. The number of fused-ring (bicyclic) bond motifs is 1. The second-order valence-corrected chi connectivity index (χ2v) is 4.69. The summed E-state index contributed by atoms with van der Waals surface area (Å²) in [6, 6.07) is 14.0. The monoisotopic (exact) mass is 277 g/mol. The van der Waals surface area contributed by atoms with Gasteiger partial charge in [-0.05, 0) is 31.2 Å². The first-order chi connectivity index (χ1) is 10.3. The second kappa shape index (κ2) is 5.68. The van der Waals surface area contributed by atoms with Crippen LogP contribution in [0.5, 0.6) is 5.75 Å². The first-order valence-electron chi connectivity index (χ1n) is 6.88. The van der Waals surface area contributed by atoms with Crippen molar-refractivity contribution >= 4 is 10.9 Å². The molecule has 0 saturated carbocycles. The van der Waals surface area contributed by atoms with Gasteiger partial charge in [0.1, 0.15) is 17.5 Å². The lowest BCUT2D eigenvalue weighted by atomic mass is 10.2. The van der Waals surface area contributed by atoms with Gasteiger partial charge in [-0.1, -0.05) is 12.1 Å². The molecule has 3 rings (SSSR count). The van der Waals surface area contributed by atoms with Gasteiger partial charge in [-0.2, -0.15) is 5.26 Å². The molecule has 1 aromatic carbocycles. The van der Waals surface area contributed by atoms with Crippen molar-refractivity contribution in [3.8, 4) is 11.8 Å². The molecule has 0 fully saturated rings. The highest BCUT2D eigenvalue weighted by Crippen LogP contribution is 2.27. The number of hydrogen-bond acceptors (Lipinski definition) is 3. The predicted molar refractivity (Wildman–Crippen MR) is 81.2 cm³/mol. The fourth-order valence-electron chi connectivity index (χ4n) is 2.46. The van der Waals surface area contributed by atoms with E-state index in [2.05, 4.69) is 21.7 Å². The molecule has 0 saturated heterocycles. The number of hydrogen-bond donors (Lipinski definition) is 0. The van der Waals surface area contributed by atoms with Crippen molar-refractivity contribution in [3.63, 3.8) is 0 Å². The maximum absolute atomic E-state index is 9.13. The molecule has 21 heavy (non-hydrogen) atoms. The lowest BCUT2D eigenvalue weighted by Gasteiger charge is -2.08. The molecule has 0 unspecified atom stereocenters. The van der Waals surface area contributed by atoms with E-state index in [4.69, 9.17) is 10.00 Å². The summed E-state index contributed by atoms with van der Waals surface area (Å²) in [5.74, 6) is 0.889. The van der Waals surface area contributed by atoms with E-state index in [1.165, 1.54) is 0 Å². The summed E-state index contributed by atoms with van der Waals surface area (Å²) in [7, 11) is 0. The van der Waals surface area contributed by atoms with Crippen LogP contribution in [0.1, 0.15) is 18.2 Å². The van der Waals surface area contributed by atoms with E-state index >= 15 is 0 Å². The number of aromatic nitrogens is 2. The summed E-state index contributed by atoms with van der Waals surface area (Å²) in [6.45, 7) is 3.24. The maximum Gasteiger partial charge on any atom is 0.145 e. The average Bonchev–Trinajstić information content (AvgIpc) is 2.92. The van der Waals surface area contributed by atoms with E-state index in [1.807, 2.05) is 43.5 Å². The van der Waals surface area contributed by atoms with Crippen LogP contribution in [-0.4, -0.2) is 16.2 Å². The van der Waals surface area contributed by atoms with Crippen molar-refractivity contribution in [2.75, 3.05) is 6.61 Å². The number of pyridine rings is 1. The minimum atomic E-state index is 0.473. The van der Waals surface area contributed by atoms with Gasteiger partial charge in [0.25, 0.3) is 0 Å². The number of benzene rings is 1. The second-order valence-electron chi connectivity index (χ2n) is 4.69. The van der Waals surface area contributed by atoms with Crippen LogP contribution in [0.2, 0.25) is 0 Å². The Hall–Kier alpha value is -2.80. The summed E-state index contributed by atoms with van der Waals surface area (Å²) in [6.07, 6.45) is 3.66. The minimum absolute atomic E-state index is 0.473. The van der Waals surface area contributed by atoms with Crippen LogP contribution in [0.3, 0.4) is 0 Å². The topological polar surface area (TPSA) is 50.8 Å². The zero-order chi connectivity index (χ0) is 14.7. The standard InChI is InChI=1S/C17H15N3O/c1-2-21-17-7-3-6-16-14(17)8-10-20(16)12-13-5-4-9-19-15(13)11-18/h3-10H,2,12H2,1H3. The third-order valence-corrected chi connectivity index (χ3v) is 3.41. The van der Waals surface area contributed by atoms with Crippen LogP contribution in [0.15, 0.2) is 48.8 Å². The highest BCUT2D eigenvalue weighted by atomic mass is 16.5. The molecular formula is C17H15N3O. The van der Waals surface area contributed by atoms with E-state index in [1.54, 1.807) is 6.20 Å². The zero-order valence-corrected chi connectivity index (χ0v) is 11.8. The van der Waals surface area contributed by atoms with Gasteiger partial charge in [0.15, 0.2) is 0 Å². The number of ether oxygens (including phenoxy) is 1. The van der Waals surface area contributed by atoms with Crippen molar-refractivity contribution in [2.24, 2.45) is 0 Å². The predicted octanol–water partition coefficient (Wildman–Crippen LogP) is 3.35. The van der Waals surface area contributed by atoms with Gasteiger partial charge in [-0.15, -0.1) is 0 Å². The molecule has 0 bridgehead atoms. The Morgan fingerprint density at radius 3 is 2.95 bits per heavy atom. The SMILES string of the molecule is CCOc1cccc2c1ccn2Cc1cccnc1C#N. The summed E-state index contributed by atoms with van der Waals surface area (Å²) in [5, 5.41) is 10.2. The molecule has 0 aliphatic rings. The molecule has 0 radical (unpaired) electrons. The molecular weight excluding hydrogens is 262 g/mol. The van der Waals surface area contributed by atoms with Gasteiger partial charge < -0.3 is 9.30 Å². The quantitative estimate of drug-likeness (QED) is 0.734. The molecule has 104 valence electrons. The third-order valence-electron chi connectivity index (χ3n) is 3.41. The van der Waals surface area contributed by atoms with Gasteiger partial charge in [0.2, 0.25) is 0 Å². The fraction of sp³-hybridized carbons (Fsp3) is 0.176. The third kappa shape index (κ3) is 2.46. The van der Waals surface area contributed by atoms with E-state index < -0.39 is 0 Å². The van der Waals surface area contributed by atoms with E-state index in [9.17, 15) is 0 Å². The molecule has 0 amide bonds. The molecule has 0 spiro atoms. The molecule has 3 aromatic rings. The van der Waals surface area contributed by atoms with Crippen molar-refractivity contribution in [1.82, 2.24) is 9.55 Å². The van der Waals surface area contributed by atoms with Gasteiger partial charge in [-0.25, -0.2) is 4.98 Å². The van der Waals surface area contributed by atoms with Crippen molar-refractivity contribution in [1.29, 1.82) is 5.26 Å². The zero-order valence-electron chi connectivity index (χ0n) is 11.8. The van der Waals surface area contributed by atoms with Crippen LogP contribution in [0.25, 0.3) is 10.9 Å². The van der Waals surface area contributed by atoms with Crippen molar-refractivity contribution in [3.05, 3.63) is 60.0 Å². The van der Waals surface area contributed by atoms with Crippen LogP contribution in [-0.2, 0) is 6.54 Å². The van der Waals surface area contributed by atoms with Crippen LogP contribution < -0.4 is 4.74 Å². The average molecular weight is 277 g/mol. The normalized spacial score (nSPS) is 10.5. The Labute approximate surface area is 123 Å². The number of nitrogens with zero attached hydrogens (tertiary/aromatic N) is 3. The highest BCUT2D eigenvalue weighted by Gasteiger charge is 2.08. The van der Waals surface area contributed by atoms with Crippen LogP contribution >= 0.6 is 0 Å². The molecule has 4 heteroatoms. The van der Waals surface area contributed by atoms with E-state index in [0.717, 1.165) is 22.2 Å². The van der Waals surface area contributed by atoms with Crippen molar-refractivity contribution in [2.45, 2.75) is 13.5 Å². The van der Waals surface area contributed by atoms with Gasteiger partial charge in [-0.3, -0.25) is 0 Å². The Morgan fingerprint density at radius 1 is 1.24 bits per heavy atom. The summed E-state index contributed by atoms with van der Waals surface area (Å²) in [4.78, 5) is 4.11. The summed E-state index contributed by atoms with van der Waals surface area (Å²) in [5.41, 5.74) is 2.48. The van der Waals surface area contributed by atoms with Crippen molar-refractivity contribution < 1.29 is 4.74 Å². The van der Waals surface area contributed by atoms with E-state index in [0.29, 0.717) is 18.8 Å². The fourth-order valence-corrected chi connectivity index (χ4v) is 2.46.